The van der Waals surface area contributed by atoms with Crippen molar-refractivity contribution < 1.29 is 4.79 Å². The smallest absolute Gasteiger partial charge is 0.245 e. The molecule has 5 nitrogen and oxygen atoms in total. The molecule has 2 heterocycles. The zero-order valence-corrected chi connectivity index (χ0v) is 11.9. The second kappa shape index (κ2) is 4.34. The van der Waals surface area contributed by atoms with Crippen LogP contribution in [0.2, 0.25) is 5.15 Å². The third kappa shape index (κ3) is 2.27. The second-order valence-corrected chi connectivity index (χ2v) is 6.04. The first-order valence-electron chi connectivity index (χ1n) is 6.59. The molecule has 0 spiro atoms. The van der Waals surface area contributed by atoms with Gasteiger partial charge >= 0.3 is 0 Å². The lowest BCUT2D eigenvalue weighted by Gasteiger charge is -2.42. The van der Waals surface area contributed by atoms with E-state index in [2.05, 4.69) is 15.3 Å². The van der Waals surface area contributed by atoms with Gasteiger partial charge in [0.15, 0.2) is 0 Å². The van der Waals surface area contributed by atoms with Gasteiger partial charge in [-0.2, -0.15) is 0 Å². The van der Waals surface area contributed by atoms with Gasteiger partial charge < -0.3 is 10.2 Å². The number of carbonyl (C=O) groups is 1. The van der Waals surface area contributed by atoms with Gasteiger partial charge in [0.25, 0.3) is 0 Å². The Morgan fingerprint density at radius 3 is 2.84 bits per heavy atom. The zero-order valence-electron chi connectivity index (χ0n) is 11.1. The molecule has 1 aromatic heterocycles. The number of amides is 1. The van der Waals surface area contributed by atoms with Crippen LogP contribution in [0.25, 0.3) is 0 Å². The minimum Gasteiger partial charge on any atom is -0.352 e. The van der Waals surface area contributed by atoms with E-state index in [1.807, 2.05) is 18.7 Å². The predicted molar refractivity (Wildman–Crippen MR) is 73.5 cm³/mol. The molecule has 1 aromatic rings. The first-order chi connectivity index (χ1) is 8.98. The molecule has 0 bridgehead atoms. The molecular weight excluding hydrogens is 264 g/mol. The summed E-state index contributed by atoms with van der Waals surface area (Å²) in [6.07, 6.45) is 2.26. The summed E-state index contributed by atoms with van der Waals surface area (Å²) in [5, 5.41) is 3.33. The molecule has 1 saturated heterocycles. The van der Waals surface area contributed by atoms with Crippen molar-refractivity contribution in [2.24, 2.45) is 0 Å². The fourth-order valence-electron chi connectivity index (χ4n) is 2.39. The molecular formula is C13H17ClN4O. The van der Waals surface area contributed by atoms with E-state index in [0.29, 0.717) is 17.6 Å². The van der Waals surface area contributed by atoms with E-state index in [-0.39, 0.29) is 5.91 Å². The third-order valence-electron chi connectivity index (χ3n) is 3.77. The van der Waals surface area contributed by atoms with Gasteiger partial charge in [0.05, 0.1) is 0 Å². The Morgan fingerprint density at radius 2 is 2.16 bits per heavy atom. The summed E-state index contributed by atoms with van der Waals surface area (Å²) in [6, 6.07) is 1.74. The van der Waals surface area contributed by atoms with Crippen molar-refractivity contribution in [2.45, 2.75) is 38.1 Å². The van der Waals surface area contributed by atoms with Gasteiger partial charge in [-0.15, -0.1) is 0 Å². The average Bonchev–Trinajstić information content (AvgIpc) is 3.15. The fourth-order valence-corrected chi connectivity index (χ4v) is 2.57. The van der Waals surface area contributed by atoms with Crippen molar-refractivity contribution in [2.75, 3.05) is 18.0 Å². The molecule has 6 heteroatoms. The van der Waals surface area contributed by atoms with Crippen molar-refractivity contribution in [3.05, 3.63) is 17.0 Å². The van der Waals surface area contributed by atoms with E-state index < -0.39 is 5.54 Å². The number of hydrogen-bond donors (Lipinski definition) is 1. The van der Waals surface area contributed by atoms with Crippen LogP contribution < -0.4 is 10.2 Å². The first-order valence-corrected chi connectivity index (χ1v) is 6.97. The van der Waals surface area contributed by atoms with Gasteiger partial charge in [0, 0.05) is 25.1 Å². The van der Waals surface area contributed by atoms with E-state index >= 15 is 0 Å². The van der Waals surface area contributed by atoms with Gasteiger partial charge in [-0.3, -0.25) is 4.79 Å². The Hall–Kier alpha value is -1.36. The Kier molecular flexibility index (Phi) is 2.89. The standard InChI is InChI=1S/C13H17ClN4O/c1-13(2)12(19)15-5-6-18(13)10-7-9(14)16-11(17-10)8-3-4-8/h7-8H,3-6H2,1-2H3,(H,15,19). The molecule has 1 saturated carbocycles. The van der Waals surface area contributed by atoms with Gasteiger partial charge in [-0.25, -0.2) is 9.97 Å². The van der Waals surface area contributed by atoms with Crippen molar-refractivity contribution in [1.82, 2.24) is 15.3 Å². The number of anilines is 1. The number of nitrogens with one attached hydrogen (secondary N) is 1. The molecule has 2 fully saturated rings. The highest BCUT2D eigenvalue weighted by atomic mass is 35.5. The summed E-state index contributed by atoms with van der Waals surface area (Å²) >= 11 is 6.09. The second-order valence-electron chi connectivity index (χ2n) is 5.65. The molecule has 1 N–H and O–H groups in total. The number of nitrogens with zero attached hydrogens (tertiary/aromatic N) is 3. The van der Waals surface area contributed by atoms with Crippen LogP contribution in [0.3, 0.4) is 0 Å². The van der Waals surface area contributed by atoms with Gasteiger partial charge in [0.1, 0.15) is 22.3 Å². The summed E-state index contributed by atoms with van der Waals surface area (Å²) in [4.78, 5) is 22.9. The Morgan fingerprint density at radius 1 is 1.42 bits per heavy atom. The highest BCUT2D eigenvalue weighted by Gasteiger charge is 2.39. The molecule has 1 aliphatic carbocycles. The summed E-state index contributed by atoms with van der Waals surface area (Å²) in [7, 11) is 0. The lowest BCUT2D eigenvalue weighted by atomic mass is 9.99. The molecule has 0 atom stereocenters. The number of halogens is 1. The van der Waals surface area contributed by atoms with E-state index in [9.17, 15) is 4.79 Å². The van der Waals surface area contributed by atoms with Gasteiger partial charge in [-0.1, -0.05) is 11.6 Å². The number of piperazine rings is 1. The van der Waals surface area contributed by atoms with Crippen molar-refractivity contribution in [1.29, 1.82) is 0 Å². The quantitative estimate of drug-likeness (QED) is 0.838. The van der Waals surface area contributed by atoms with Crippen LogP contribution in [0.5, 0.6) is 0 Å². The lowest BCUT2D eigenvalue weighted by Crippen LogP contribution is -2.62. The SMILES string of the molecule is CC1(C)C(=O)NCCN1c1cc(Cl)nc(C2CC2)n1. The minimum atomic E-state index is -0.614. The first kappa shape index (κ1) is 12.7. The molecule has 1 aliphatic heterocycles. The molecule has 3 rings (SSSR count). The monoisotopic (exact) mass is 280 g/mol. The Bertz CT molecular complexity index is 527. The molecule has 0 unspecified atom stereocenters. The van der Waals surface area contributed by atoms with Crippen molar-refractivity contribution >= 4 is 23.3 Å². The van der Waals surface area contributed by atoms with E-state index in [0.717, 1.165) is 31.0 Å². The summed E-state index contributed by atoms with van der Waals surface area (Å²) in [5.74, 6) is 2.02. The zero-order chi connectivity index (χ0) is 13.6. The third-order valence-corrected chi connectivity index (χ3v) is 3.96. The summed E-state index contributed by atoms with van der Waals surface area (Å²) in [6.45, 7) is 5.15. The molecule has 19 heavy (non-hydrogen) atoms. The highest BCUT2D eigenvalue weighted by Crippen LogP contribution is 2.39. The molecule has 1 amide bonds. The highest BCUT2D eigenvalue weighted by molar-refractivity contribution is 6.29. The van der Waals surface area contributed by atoms with Gasteiger partial charge in [0.2, 0.25) is 5.91 Å². The predicted octanol–water partition coefficient (Wildman–Crippen LogP) is 1.72. The van der Waals surface area contributed by atoms with Crippen molar-refractivity contribution in [3.8, 4) is 0 Å². The number of hydrogen-bond acceptors (Lipinski definition) is 4. The largest absolute Gasteiger partial charge is 0.352 e. The van der Waals surface area contributed by atoms with Crippen LogP contribution in [0.4, 0.5) is 5.82 Å². The molecule has 102 valence electrons. The maximum atomic E-state index is 12.0. The van der Waals surface area contributed by atoms with E-state index in [1.54, 1.807) is 6.07 Å². The van der Waals surface area contributed by atoms with Crippen LogP contribution in [-0.4, -0.2) is 34.5 Å². The maximum Gasteiger partial charge on any atom is 0.245 e. The van der Waals surface area contributed by atoms with Gasteiger partial charge in [-0.05, 0) is 26.7 Å². The number of aromatic nitrogens is 2. The van der Waals surface area contributed by atoms with Crippen LogP contribution in [0, 0.1) is 0 Å². The van der Waals surface area contributed by atoms with E-state index in [4.69, 9.17) is 11.6 Å². The summed E-state index contributed by atoms with van der Waals surface area (Å²) in [5.41, 5.74) is -0.614. The summed E-state index contributed by atoms with van der Waals surface area (Å²) < 4.78 is 0. The molecule has 0 radical (unpaired) electrons. The van der Waals surface area contributed by atoms with Crippen molar-refractivity contribution in [3.63, 3.8) is 0 Å². The molecule has 0 aromatic carbocycles. The van der Waals surface area contributed by atoms with Crippen LogP contribution in [0.1, 0.15) is 38.4 Å². The van der Waals surface area contributed by atoms with E-state index in [1.165, 1.54) is 0 Å². The Labute approximate surface area is 117 Å². The number of rotatable bonds is 2. The number of carbonyl (C=O) groups excluding carboxylic acids is 1. The van der Waals surface area contributed by atoms with Crippen LogP contribution >= 0.6 is 11.6 Å². The topological polar surface area (TPSA) is 58.1 Å². The normalized spacial score (nSPS) is 22.3. The average molecular weight is 281 g/mol. The fraction of sp³-hybridized carbons (Fsp3) is 0.615. The molecule has 2 aliphatic rings. The van der Waals surface area contributed by atoms with Crippen LogP contribution in [0.15, 0.2) is 6.07 Å². The minimum absolute atomic E-state index is 0.0152. The maximum absolute atomic E-state index is 12.0. The van der Waals surface area contributed by atoms with Crippen LogP contribution in [-0.2, 0) is 4.79 Å². The Balaban J connectivity index is 1.98. The lowest BCUT2D eigenvalue weighted by molar-refractivity contribution is -0.126.